The van der Waals surface area contributed by atoms with Crippen LogP contribution in [0.25, 0.3) is 0 Å². The highest BCUT2D eigenvalue weighted by molar-refractivity contribution is 5.17. The number of aryl methyl sites for hydroxylation is 1. The van der Waals surface area contributed by atoms with Crippen molar-refractivity contribution in [3.05, 3.63) is 29.6 Å². The largest absolute Gasteiger partial charge is 0.315 e. The van der Waals surface area contributed by atoms with Gasteiger partial charge >= 0.3 is 0 Å². The molecule has 0 aliphatic heterocycles. The van der Waals surface area contributed by atoms with E-state index >= 15 is 0 Å². The van der Waals surface area contributed by atoms with Gasteiger partial charge in [0.2, 0.25) is 0 Å². The molecule has 3 nitrogen and oxygen atoms in total. The van der Waals surface area contributed by atoms with E-state index in [0.29, 0.717) is 0 Å². The minimum atomic E-state index is 0.720. The molecule has 0 bridgehead atoms. The Morgan fingerprint density at radius 1 is 1.25 bits per heavy atom. The summed E-state index contributed by atoms with van der Waals surface area (Å²) in [7, 11) is 0. The van der Waals surface area contributed by atoms with Gasteiger partial charge in [-0.15, -0.1) is 0 Å². The van der Waals surface area contributed by atoms with E-state index in [4.69, 9.17) is 0 Å². The molecule has 0 unspecified atom stereocenters. The molecule has 2 N–H and O–H groups in total. The number of nitrogens with one attached hydrogen (secondary N) is 2. The van der Waals surface area contributed by atoms with Crippen molar-refractivity contribution in [3.63, 3.8) is 0 Å². The Morgan fingerprint density at radius 2 is 2.00 bits per heavy atom. The van der Waals surface area contributed by atoms with Crippen molar-refractivity contribution in [3.8, 4) is 0 Å². The first-order valence-electron chi connectivity index (χ1n) is 6.02. The molecule has 1 aromatic rings. The maximum absolute atomic E-state index is 4.34. The Balaban J connectivity index is 2.10. The van der Waals surface area contributed by atoms with E-state index in [1.165, 1.54) is 5.56 Å². The van der Waals surface area contributed by atoms with Gasteiger partial charge in [0.1, 0.15) is 0 Å². The van der Waals surface area contributed by atoms with Crippen LogP contribution in [0.5, 0.6) is 0 Å². The van der Waals surface area contributed by atoms with E-state index in [-0.39, 0.29) is 0 Å². The maximum atomic E-state index is 4.34. The van der Waals surface area contributed by atoms with Crippen molar-refractivity contribution in [1.82, 2.24) is 15.6 Å². The van der Waals surface area contributed by atoms with Gasteiger partial charge < -0.3 is 10.6 Å². The Labute approximate surface area is 98.7 Å². The molecule has 0 aliphatic rings. The standard InChI is InChI=1S/C13H23N3/c1-11(2)9-14-7-8-15-10-13-12(3)5-4-6-16-13/h4-6,11,14-15H,7-10H2,1-3H3. The summed E-state index contributed by atoms with van der Waals surface area (Å²) < 4.78 is 0. The Morgan fingerprint density at radius 3 is 2.69 bits per heavy atom. The third-order valence-corrected chi connectivity index (χ3v) is 2.44. The zero-order valence-electron chi connectivity index (χ0n) is 10.6. The number of hydrogen-bond donors (Lipinski definition) is 2. The summed E-state index contributed by atoms with van der Waals surface area (Å²) in [5.74, 6) is 0.720. The van der Waals surface area contributed by atoms with Crippen LogP contribution in [0, 0.1) is 12.8 Å². The number of nitrogens with zero attached hydrogens (tertiary/aromatic N) is 1. The Kier molecular flexibility index (Phi) is 6.04. The fourth-order valence-electron chi connectivity index (χ4n) is 1.48. The van der Waals surface area contributed by atoms with Crippen LogP contribution < -0.4 is 10.6 Å². The van der Waals surface area contributed by atoms with Crippen LogP contribution in [0.3, 0.4) is 0 Å². The van der Waals surface area contributed by atoms with E-state index in [1.54, 1.807) is 0 Å². The van der Waals surface area contributed by atoms with E-state index in [1.807, 2.05) is 12.3 Å². The van der Waals surface area contributed by atoms with Crippen LogP contribution in [0.15, 0.2) is 18.3 Å². The summed E-state index contributed by atoms with van der Waals surface area (Å²) in [5.41, 5.74) is 2.40. The smallest absolute Gasteiger partial charge is 0.0570 e. The maximum Gasteiger partial charge on any atom is 0.0570 e. The van der Waals surface area contributed by atoms with Crippen molar-refractivity contribution in [2.75, 3.05) is 19.6 Å². The lowest BCUT2D eigenvalue weighted by atomic mass is 10.2. The van der Waals surface area contributed by atoms with E-state index in [0.717, 1.165) is 37.8 Å². The van der Waals surface area contributed by atoms with Crippen molar-refractivity contribution in [2.24, 2.45) is 5.92 Å². The third kappa shape index (κ3) is 5.24. The minimum Gasteiger partial charge on any atom is -0.315 e. The van der Waals surface area contributed by atoms with Crippen LogP contribution in [0.1, 0.15) is 25.1 Å². The average molecular weight is 221 g/mol. The van der Waals surface area contributed by atoms with Gasteiger partial charge in [-0.3, -0.25) is 4.98 Å². The van der Waals surface area contributed by atoms with Crippen molar-refractivity contribution < 1.29 is 0 Å². The van der Waals surface area contributed by atoms with Crippen molar-refractivity contribution >= 4 is 0 Å². The van der Waals surface area contributed by atoms with Gasteiger partial charge in [-0.05, 0) is 31.0 Å². The molecule has 1 rings (SSSR count). The Hall–Kier alpha value is -0.930. The summed E-state index contributed by atoms with van der Waals surface area (Å²) >= 11 is 0. The normalized spacial score (nSPS) is 11.0. The second-order valence-corrected chi connectivity index (χ2v) is 4.54. The Bertz CT molecular complexity index is 297. The lowest BCUT2D eigenvalue weighted by Crippen LogP contribution is -2.29. The topological polar surface area (TPSA) is 37.0 Å². The summed E-state index contributed by atoms with van der Waals surface area (Å²) in [6.45, 7) is 10.5. The van der Waals surface area contributed by atoms with Crippen LogP contribution in [-0.4, -0.2) is 24.6 Å². The molecule has 0 saturated heterocycles. The number of rotatable bonds is 7. The molecule has 3 heteroatoms. The fraction of sp³-hybridized carbons (Fsp3) is 0.615. The minimum absolute atomic E-state index is 0.720. The monoisotopic (exact) mass is 221 g/mol. The lowest BCUT2D eigenvalue weighted by Gasteiger charge is -2.09. The number of aromatic nitrogens is 1. The summed E-state index contributed by atoms with van der Waals surface area (Å²) in [6.07, 6.45) is 1.85. The number of pyridine rings is 1. The van der Waals surface area contributed by atoms with Crippen molar-refractivity contribution in [2.45, 2.75) is 27.3 Å². The average Bonchev–Trinajstić information content (AvgIpc) is 2.25. The molecule has 1 heterocycles. The molecule has 90 valence electrons. The van der Waals surface area contributed by atoms with Crippen LogP contribution in [0.4, 0.5) is 0 Å². The second-order valence-electron chi connectivity index (χ2n) is 4.54. The van der Waals surface area contributed by atoms with Gasteiger partial charge in [0.05, 0.1) is 5.69 Å². The predicted octanol–water partition coefficient (Wildman–Crippen LogP) is 1.73. The zero-order chi connectivity index (χ0) is 11.8. The van der Waals surface area contributed by atoms with Crippen molar-refractivity contribution in [1.29, 1.82) is 0 Å². The van der Waals surface area contributed by atoms with Gasteiger partial charge in [-0.25, -0.2) is 0 Å². The zero-order valence-corrected chi connectivity index (χ0v) is 10.6. The molecular formula is C13H23N3. The molecule has 0 amide bonds. The molecule has 0 aliphatic carbocycles. The van der Waals surface area contributed by atoms with Gasteiger partial charge in [0, 0.05) is 25.8 Å². The lowest BCUT2D eigenvalue weighted by molar-refractivity contribution is 0.534. The highest BCUT2D eigenvalue weighted by atomic mass is 14.9. The molecule has 0 atom stereocenters. The first kappa shape index (κ1) is 13.1. The SMILES string of the molecule is Cc1cccnc1CNCCNCC(C)C. The first-order chi connectivity index (χ1) is 7.70. The van der Waals surface area contributed by atoms with Crippen LogP contribution >= 0.6 is 0 Å². The molecule has 0 saturated carbocycles. The van der Waals surface area contributed by atoms with E-state index in [9.17, 15) is 0 Å². The molecule has 1 aromatic heterocycles. The summed E-state index contributed by atoms with van der Waals surface area (Å²) in [6, 6.07) is 4.07. The van der Waals surface area contributed by atoms with Gasteiger partial charge in [0.25, 0.3) is 0 Å². The number of hydrogen-bond acceptors (Lipinski definition) is 3. The molecule has 0 spiro atoms. The molecule has 0 fully saturated rings. The second kappa shape index (κ2) is 7.36. The van der Waals surface area contributed by atoms with Gasteiger partial charge in [-0.2, -0.15) is 0 Å². The first-order valence-corrected chi connectivity index (χ1v) is 6.02. The van der Waals surface area contributed by atoms with E-state index in [2.05, 4.69) is 42.5 Å². The molecule has 16 heavy (non-hydrogen) atoms. The summed E-state index contributed by atoms with van der Waals surface area (Å²) in [4.78, 5) is 4.34. The summed E-state index contributed by atoms with van der Waals surface area (Å²) in [5, 5.41) is 6.79. The quantitative estimate of drug-likeness (QED) is 0.688. The molecule has 0 radical (unpaired) electrons. The van der Waals surface area contributed by atoms with E-state index < -0.39 is 0 Å². The predicted molar refractivity (Wildman–Crippen MR) is 68.4 cm³/mol. The highest BCUT2D eigenvalue weighted by Crippen LogP contribution is 2.01. The fourth-order valence-corrected chi connectivity index (χ4v) is 1.48. The molecular weight excluding hydrogens is 198 g/mol. The van der Waals surface area contributed by atoms with Crippen LogP contribution in [-0.2, 0) is 6.54 Å². The third-order valence-electron chi connectivity index (χ3n) is 2.44. The molecule has 0 aromatic carbocycles. The van der Waals surface area contributed by atoms with Crippen LogP contribution in [0.2, 0.25) is 0 Å². The van der Waals surface area contributed by atoms with Gasteiger partial charge in [-0.1, -0.05) is 19.9 Å². The van der Waals surface area contributed by atoms with Gasteiger partial charge in [0.15, 0.2) is 0 Å². The highest BCUT2D eigenvalue weighted by Gasteiger charge is 1.97.